The van der Waals surface area contributed by atoms with E-state index in [2.05, 4.69) is 36.8 Å². The summed E-state index contributed by atoms with van der Waals surface area (Å²) >= 11 is 3.17. The molecule has 77 heavy (non-hydrogen) atoms. The maximum absolute atomic E-state index is 14.5. The second-order valence-corrected chi connectivity index (χ2v) is 18.8. The number of alkyl halides is 1. The average Bonchev–Trinajstić information content (AvgIpc) is 3.34. The van der Waals surface area contributed by atoms with Gasteiger partial charge in [-0.05, 0) is 97.4 Å². The molecule has 0 saturated carbocycles. The molecule has 402 valence electrons. The first-order chi connectivity index (χ1) is 34.5. The second kappa shape index (κ2) is 39.2. The Kier molecular flexibility index (Phi) is 39.1. The Bertz CT molecular complexity index is 2800. The van der Waals surface area contributed by atoms with Crippen molar-refractivity contribution >= 4 is 90.8 Å². The number of nitrogens with one attached hydrogen (secondary N) is 3. The number of hydrogen-bond acceptors (Lipinski definition) is 13. The summed E-state index contributed by atoms with van der Waals surface area (Å²) < 4.78 is 47.4. The van der Waals surface area contributed by atoms with Crippen molar-refractivity contribution in [2.45, 2.75) is 103 Å². The van der Waals surface area contributed by atoms with Gasteiger partial charge in [0.25, 0.3) is 6.47 Å². The zero-order chi connectivity index (χ0) is 54.3. The fourth-order valence-electron chi connectivity index (χ4n) is 6.98. The average molecular weight is 1300 g/mol. The normalized spacial score (nSPS) is 10.9. The van der Waals surface area contributed by atoms with E-state index in [1.165, 1.54) is 26.4 Å². The van der Waals surface area contributed by atoms with Crippen LogP contribution in [-0.4, -0.2) is 68.1 Å². The molecule has 0 saturated heterocycles. The molecule has 0 bridgehead atoms. The molecule has 3 N–H and O–H groups in total. The number of anilines is 4. The van der Waals surface area contributed by atoms with Gasteiger partial charge in [0.1, 0.15) is 22.8 Å². The summed E-state index contributed by atoms with van der Waals surface area (Å²) in [6.45, 7) is 14.8. The molecule has 22 heteroatoms. The molecule has 0 fully saturated rings. The van der Waals surface area contributed by atoms with Crippen LogP contribution in [0.2, 0.25) is 0 Å². The van der Waals surface area contributed by atoms with Crippen LogP contribution in [0.1, 0.15) is 80.8 Å². The van der Waals surface area contributed by atoms with Crippen LogP contribution in [0.5, 0.6) is 0 Å². The van der Waals surface area contributed by atoms with Crippen molar-refractivity contribution in [2.24, 2.45) is 0 Å². The Labute approximate surface area is 584 Å². The summed E-state index contributed by atoms with van der Waals surface area (Å²) in [5.74, 6) is -1.07. The number of benzene rings is 6. The fourth-order valence-corrected chi connectivity index (χ4v) is 7.44. The third-order valence-corrected chi connectivity index (χ3v) is 10.8. The smallest absolute Gasteiger partial charge is 1.00 e. The maximum Gasteiger partial charge on any atom is 1.00 e. The number of ether oxygens (including phenoxy) is 4. The molecule has 0 aliphatic heterocycles. The first-order valence-electron chi connectivity index (χ1n) is 23.0. The number of halogens is 4. The van der Waals surface area contributed by atoms with Crippen LogP contribution in [0, 0.1) is 11.6 Å². The van der Waals surface area contributed by atoms with E-state index in [0.717, 1.165) is 32.9 Å². The molecule has 0 spiro atoms. The third-order valence-electron chi connectivity index (χ3n) is 10.2. The Hall–Kier alpha value is -2.31. The molecule has 0 unspecified atom stereocenters. The molecule has 15 nitrogen and oxygen atoms in total. The van der Waals surface area contributed by atoms with Gasteiger partial charge in [-0.15, -0.1) is 0 Å². The number of nitrogens with zero attached hydrogens (tertiary/aromatic N) is 1. The molecule has 6 rings (SSSR count). The molecule has 6 aromatic carbocycles. The Morgan fingerprint density at radius 3 is 1.43 bits per heavy atom. The third kappa shape index (κ3) is 27.8. The quantitative estimate of drug-likeness (QED) is 0.0195. The molecular weight excluding hydrogens is 1240 g/mol. The van der Waals surface area contributed by atoms with Gasteiger partial charge in [0.05, 0.1) is 38.4 Å². The van der Waals surface area contributed by atoms with Crippen LogP contribution in [0.15, 0.2) is 121 Å². The minimum absolute atomic E-state index is 0. The number of amides is 2. The maximum atomic E-state index is 14.5. The van der Waals surface area contributed by atoms with Crippen molar-refractivity contribution in [3.05, 3.63) is 144 Å². The van der Waals surface area contributed by atoms with Crippen LogP contribution in [-0.2, 0) is 50.1 Å². The summed E-state index contributed by atoms with van der Waals surface area (Å²) in [5, 5.41) is 21.4. The molecule has 0 heterocycles. The Balaban J connectivity index is -0.00000113. The van der Waals surface area contributed by atoms with Gasteiger partial charge < -0.3 is 64.7 Å². The van der Waals surface area contributed by atoms with Crippen molar-refractivity contribution in [3.8, 4) is 0 Å². The monoisotopic (exact) mass is 1300 g/mol. The standard InChI is InChI=1S/C27H31FN2O4.C20H26N2O4.C7H6BrF.CH2O3.HI.2K.Na.H/c1-18(16-25(31)33-5)30(17-19-10-6-9-13-22(19)28)24-15-14-23(20-11-7-8-12-21(20)24)29-26(32)34-27(2,3)4;1-13(12-18(23)25-5)21-16-10-11-17(15-9-7-6-8-14(15)16)22-19(24)26-20(2,3)4;8-5-6-3-1-2-4-7(6)9;2-1-4-3;;;;;/h6-15,18H,16-17H2,1-5H3,(H,29,32);6-11,13,21H,12H2,1-5H3,(H,22,24);1-4H,5H2;1,3H;1H;;;;/q;;;;;3*+1;-1/p-2/t18-;13-;;;;;;;/m00......./s1. The van der Waals surface area contributed by atoms with Gasteiger partial charge in [0, 0.05) is 62.4 Å². The van der Waals surface area contributed by atoms with Crippen LogP contribution >= 0.6 is 15.9 Å². The number of rotatable bonds is 14. The van der Waals surface area contributed by atoms with Crippen molar-refractivity contribution in [2.75, 3.05) is 35.1 Å². The van der Waals surface area contributed by atoms with E-state index < -0.39 is 23.4 Å². The zero-order valence-electron chi connectivity index (χ0n) is 47.1. The minimum atomic E-state index is -0.625. The van der Waals surface area contributed by atoms with Gasteiger partial charge in [-0.25, -0.2) is 18.4 Å². The van der Waals surface area contributed by atoms with E-state index in [9.17, 15) is 28.0 Å². The summed E-state index contributed by atoms with van der Waals surface area (Å²) in [6.07, 6.45) is -0.644. The van der Waals surface area contributed by atoms with E-state index in [-0.39, 0.29) is 219 Å². The molecular formula is C55H65BrF2IK2N4NaO11. The molecule has 6 aromatic rings. The number of esters is 2. The molecule has 0 aromatic heterocycles. The number of methoxy groups -OCH3 is 2. The zero-order valence-corrected chi connectivity index (χ0v) is 58.0. The number of carbonyl (C=O) groups excluding carboxylic acids is 5. The number of hydrogen-bond donors (Lipinski definition) is 3. The van der Waals surface area contributed by atoms with Crippen LogP contribution in [0.3, 0.4) is 0 Å². The molecule has 0 aliphatic carbocycles. The van der Waals surface area contributed by atoms with Gasteiger partial charge in [0.2, 0.25) is 0 Å². The number of fused-ring (bicyclic) bond motifs is 2. The molecule has 2 amide bonds. The van der Waals surface area contributed by atoms with Crippen LogP contribution in [0.25, 0.3) is 21.5 Å². The molecule has 0 aliphatic rings. The van der Waals surface area contributed by atoms with Gasteiger partial charge in [-0.3, -0.25) is 25.0 Å². The molecule has 2 atom stereocenters. The SMILES string of the molecule is COC(=O)C[C@H](C)N(Cc1ccccc1F)c1ccc(NC(=O)OC(C)(C)C)c2ccccc12.COC(=O)C[C@H](C)Nc1ccc(NC(=O)OC(C)(C)C)c2ccccc12.Fc1ccccc1CBr.O=CO[O-].[H-].[I-].[K+].[K+].[Na+]. The summed E-state index contributed by atoms with van der Waals surface area (Å²) in [7, 11) is 2.73. The van der Waals surface area contributed by atoms with Gasteiger partial charge in [-0.2, -0.15) is 0 Å². The Morgan fingerprint density at radius 2 is 1.01 bits per heavy atom. The van der Waals surface area contributed by atoms with Crippen molar-refractivity contribution in [3.63, 3.8) is 0 Å². The van der Waals surface area contributed by atoms with E-state index in [0.29, 0.717) is 27.8 Å². The van der Waals surface area contributed by atoms with Gasteiger partial charge in [0.15, 0.2) is 0 Å². The van der Waals surface area contributed by atoms with E-state index in [4.69, 9.17) is 29.0 Å². The predicted molar refractivity (Wildman–Crippen MR) is 283 cm³/mol. The summed E-state index contributed by atoms with van der Waals surface area (Å²) in [4.78, 5) is 61.2. The van der Waals surface area contributed by atoms with Crippen LogP contribution in [0.4, 0.5) is 41.1 Å². The topological polar surface area (TPSA) is 194 Å². The van der Waals surface area contributed by atoms with E-state index in [1.54, 1.807) is 57.2 Å². The summed E-state index contributed by atoms with van der Waals surface area (Å²) in [6, 6.07) is 35.6. The fraction of sp³-hybridized carbons (Fsp3) is 0.327. The minimum Gasteiger partial charge on any atom is -1.00 e. The first kappa shape index (κ1) is 76.8. The molecule has 0 radical (unpaired) electrons. The van der Waals surface area contributed by atoms with Gasteiger partial charge in [-0.1, -0.05) is 101 Å². The van der Waals surface area contributed by atoms with Crippen LogP contribution < -0.4 is 182 Å². The van der Waals surface area contributed by atoms with E-state index >= 15 is 0 Å². The largest absolute Gasteiger partial charge is 1.00 e. The van der Waals surface area contributed by atoms with E-state index in [1.807, 2.05) is 112 Å². The van der Waals surface area contributed by atoms with Gasteiger partial charge >= 0.3 is 156 Å². The second-order valence-electron chi connectivity index (χ2n) is 18.2. The van der Waals surface area contributed by atoms with Crippen molar-refractivity contribution in [1.82, 2.24) is 0 Å². The summed E-state index contributed by atoms with van der Waals surface area (Å²) in [5.41, 5.74) is 2.99. The first-order valence-corrected chi connectivity index (χ1v) is 24.1. The number of carbonyl (C=O) groups is 5. The van der Waals surface area contributed by atoms with Crippen molar-refractivity contribution < 1.29 is 220 Å². The Morgan fingerprint density at radius 1 is 0.636 bits per heavy atom. The van der Waals surface area contributed by atoms with Crippen molar-refractivity contribution in [1.29, 1.82) is 0 Å². The predicted octanol–water partition coefficient (Wildman–Crippen LogP) is 0.118.